The summed E-state index contributed by atoms with van der Waals surface area (Å²) in [5.41, 5.74) is 5.19. The molecule has 4 heteroatoms. The Balaban J connectivity index is 1.45. The highest BCUT2D eigenvalue weighted by Gasteiger charge is 2.43. The minimum Gasteiger partial charge on any atom is -0.303 e. The van der Waals surface area contributed by atoms with E-state index in [0.717, 1.165) is 38.1 Å². The van der Waals surface area contributed by atoms with Crippen molar-refractivity contribution >= 4 is 11.6 Å². The number of carbonyl (C=O) groups excluding carboxylic acids is 1. The van der Waals surface area contributed by atoms with E-state index in [4.69, 9.17) is 0 Å². The molecule has 1 heterocycles. The van der Waals surface area contributed by atoms with Crippen LogP contribution in [0.15, 0.2) is 35.4 Å². The van der Waals surface area contributed by atoms with Crippen LogP contribution in [-0.4, -0.2) is 36.2 Å². The van der Waals surface area contributed by atoms with E-state index in [9.17, 15) is 4.79 Å². The predicted molar refractivity (Wildman–Crippen MR) is 88.8 cm³/mol. The van der Waals surface area contributed by atoms with Crippen LogP contribution in [0.3, 0.4) is 0 Å². The molecule has 2 aliphatic rings. The van der Waals surface area contributed by atoms with Gasteiger partial charge in [0.05, 0.1) is 0 Å². The highest BCUT2D eigenvalue weighted by atomic mass is 16.2. The van der Waals surface area contributed by atoms with Gasteiger partial charge in [-0.25, -0.2) is 5.43 Å². The van der Waals surface area contributed by atoms with E-state index in [1.165, 1.54) is 18.5 Å². The summed E-state index contributed by atoms with van der Waals surface area (Å²) in [7, 11) is 0. The fourth-order valence-corrected chi connectivity index (χ4v) is 3.23. The van der Waals surface area contributed by atoms with Crippen molar-refractivity contribution in [2.24, 2.45) is 11.0 Å². The van der Waals surface area contributed by atoms with Gasteiger partial charge in [0.2, 0.25) is 5.91 Å². The van der Waals surface area contributed by atoms with Crippen molar-refractivity contribution in [1.29, 1.82) is 0 Å². The van der Waals surface area contributed by atoms with Crippen molar-refractivity contribution in [3.8, 4) is 0 Å². The van der Waals surface area contributed by atoms with Crippen LogP contribution in [0.5, 0.6) is 0 Å². The predicted octanol–water partition coefficient (Wildman–Crippen LogP) is 2.77. The molecular weight excluding hydrogens is 274 g/mol. The number of piperidine rings is 1. The Bertz CT molecular complexity index is 531. The number of amides is 1. The summed E-state index contributed by atoms with van der Waals surface area (Å²) in [6, 6.07) is 10.3. The summed E-state index contributed by atoms with van der Waals surface area (Å²) in [5, 5.41) is 4.36. The number of carbonyl (C=O) groups is 1. The van der Waals surface area contributed by atoms with Gasteiger partial charge in [-0.05, 0) is 30.9 Å². The maximum absolute atomic E-state index is 12.2. The average Bonchev–Trinajstić information content (AvgIpc) is 3.36. The maximum atomic E-state index is 12.2. The van der Waals surface area contributed by atoms with E-state index < -0.39 is 0 Å². The van der Waals surface area contributed by atoms with E-state index in [1.807, 2.05) is 18.2 Å². The lowest BCUT2D eigenvalue weighted by molar-refractivity contribution is -0.122. The third-order valence-corrected chi connectivity index (χ3v) is 4.65. The number of hydrogen-bond acceptors (Lipinski definition) is 3. The molecule has 1 amide bonds. The van der Waals surface area contributed by atoms with Crippen LogP contribution in [0.2, 0.25) is 0 Å². The third-order valence-electron chi connectivity index (χ3n) is 4.65. The van der Waals surface area contributed by atoms with Crippen LogP contribution in [-0.2, 0) is 4.79 Å². The number of hydrazone groups is 1. The quantitative estimate of drug-likeness (QED) is 0.850. The number of nitrogens with zero attached hydrogens (tertiary/aromatic N) is 2. The molecule has 22 heavy (non-hydrogen) atoms. The van der Waals surface area contributed by atoms with Gasteiger partial charge in [0.15, 0.2) is 0 Å². The van der Waals surface area contributed by atoms with Crippen molar-refractivity contribution in [3.63, 3.8) is 0 Å². The fourth-order valence-electron chi connectivity index (χ4n) is 3.23. The Morgan fingerprint density at radius 1 is 1.27 bits per heavy atom. The van der Waals surface area contributed by atoms with Gasteiger partial charge in [0.25, 0.3) is 0 Å². The Hall–Kier alpha value is -1.68. The van der Waals surface area contributed by atoms with Crippen LogP contribution in [0.25, 0.3) is 0 Å². The van der Waals surface area contributed by atoms with Gasteiger partial charge < -0.3 is 4.90 Å². The Morgan fingerprint density at radius 2 is 2.00 bits per heavy atom. The molecule has 2 atom stereocenters. The largest absolute Gasteiger partial charge is 0.303 e. The lowest BCUT2D eigenvalue weighted by Gasteiger charge is -2.26. The van der Waals surface area contributed by atoms with Crippen LogP contribution in [0, 0.1) is 5.92 Å². The molecule has 1 saturated heterocycles. The van der Waals surface area contributed by atoms with E-state index in [1.54, 1.807) is 0 Å². The second kappa shape index (κ2) is 7.05. The molecule has 0 aromatic heterocycles. The Labute approximate surface area is 132 Å². The minimum absolute atomic E-state index is 0.0809. The highest BCUT2D eigenvalue weighted by molar-refractivity contribution is 5.88. The third kappa shape index (κ3) is 3.74. The molecule has 3 rings (SSSR count). The number of hydrogen-bond donors (Lipinski definition) is 1. The van der Waals surface area contributed by atoms with Gasteiger partial charge in [-0.15, -0.1) is 0 Å². The first-order valence-corrected chi connectivity index (χ1v) is 8.40. The van der Waals surface area contributed by atoms with Crippen LogP contribution in [0.1, 0.15) is 44.1 Å². The first kappa shape index (κ1) is 15.2. The van der Waals surface area contributed by atoms with E-state index in [-0.39, 0.29) is 11.8 Å². The summed E-state index contributed by atoms with van der Waals surface area (Å²) in [6.45, 7) is 5.51. The first-order valence-electron chi connectivity index (χ1n) is 8.40. The van der Waals surface area contributed by atoms with Crippen molar-refractivity contribution in [1.82, 2.24) is 10.3 Å². The summed E-state index contributed by atoms with van der Waals surface area (Å²) >= 11 is 0. The molecule has 1 N–H and O–H groups in total. The monoisotopic (exact) mass is 299 g/mol. The Kier molecular flexibility index (Phi) is 4.88. The summed E-state index contributed by atoms with van der Waals surface area (Å²) in [5.74, 6) is 0.567. The maximum Gasteiger partial charge on any atom is 0.243 e. The second-order valence-electron chi connectivity index (χ2n) is 6.36. The summed E-state index contributed by atoms with van der Waals surface area (Å²) in [4.78, 5) is 14.6. The van der Waals surface area contributed by atoms with Gasteiger partial charge in [-0.3, -0.25) is 4.79 Å². The number of likely N-dealkylation sites (tertiary alicyclic amines) is 1. The lowest BCUT2D eigenvalue weighted by Crippen LogP contribution is -2.35. The average molecular weight is 299 g/mol. The van der Waals surface area contributed by atoms with Crippen LogP contribution >= 0.6 is 0 Å². The molecule has 1 aliphatic carbocycles. The van der Waals surface area contributed by atoms with Gasteiger partial charge in [-0.1, -0.05) is 37.3 Å². The number of benzene rings is 1. The van der Waals surface area contributed by atoms with Crippen molar-refractivity contribution < 1.29 is 4.79 Å². The molecule has 1 aromatic carbocycles. The molecule has 2 fully saturated rings. The molecule has 4 nitrogen and oxygen atoms in total. The van der Waals surface area contributed by atoms with Crippen molar-refractivity contribution in [2.75, 3.05) is 19.6 Å². The van der Waals surface area contributed by atoms with E-state index in [0.29, 0.717) is 5.92 Å². The van der Waals surface area contributed by atoms with Crippen LogP contribution in [0.4, 0.5) is 0 Å². The van der Waals surface area contributed by atoms with Crippen molar-refractivity contribution in [2.45, 2.75) is 38.5 Å². The first-order chi connectivity index (χ1) is 10.8. The Morgan fingerprint density at radius 3 is 2.68 bits per heavy atom. The van der Waals surface area contributed by atoms with Crippen LogP contribution < -0.4 is 5.43 Å². The molecule has 0 radical (unpaired) electrons. The van der Waals surface area contributed by atoms with E-state index in [2.05, 4.69) is 34.5 Å². The molecule has 118 valence electrons. The summed E-state index contributed by atoms with van der Waals surface area (Å²) in [6.07, 6.45) is 4.11. The highest BCUT2D eigenvalue weighted by Crippen LogP contribution is 2.47. The van der Waals surface area contributed by atoms with Gasteiger partial charge in [-0.2, -0.15) is 5.10 Å². The molecule has 1 aliphatic heterocycles. The standard InChI is InChI=1S/C18H25N3O/c1-2-10-21-11-8-15(9-12-21)19-20-18(22)17-13-16(17)14-6-4-3-5-7-14/h3-7,16-17H,2,8-13H2,1H3,(H,20,22)/t16-,17-/m1/s1. The topological polar surface area (TPSA) is 44.7 Å². The zero-order valence-electron chi connectivity index (χ0n) is 13.3. The molecule has 1 saturated carbocycles. The smallest absolute Gasteiger partial charge is 0.243 e. The second-order valence-corrected chi connectivity index (χ2v) is 6.36. The molecule has 1 aromatic rings. The number of nitrogens with one attached hydrogen (secondary N) is 1. The SMILES string of the molecule is CCCN1CCC(=NNC(=O)[C@@H]2C[C@@H]2c2ccccc2)CC1. The zero-order valence-corrected chi connectivity index (χ0v) is 13.3. The summed E-state index contributed by atoms with van der Waals surface area (Å²) < 4.78 is 0. The van der Waals surface area contributed by atoms with E-state index >= 15 is 0 Å². The fraction of sp³-hybridized carbons (Fsp3) is 0.556. The molecular formula is C18H25N3O. The normalized spacial score (nSPS) is 24.9. The van der Waals surface area contributed by atoms with Gasteiger partial charge in [0.1, 0.15) is 0 Å². The minimum atomic E-state index is 0.0809. The molecule has 0 unspecified atom stereocenters. The number of rotatable bonds is 5. The lowest BCUT2D eigenvalue weighted by atomic mass is 10.1. The molecule has 0 bridgehead atoms. The van der Waals surface area contributed by atoms with Crippen molar-refractivity contribution in [3.05, 3.63) is 35.9 Å². The van der Waals surface area contributed by atoms with Gasteiger partial charge >= 0.3 is 0 Å². The van der Waals surface area contributed by atoms with Gasteiger partial charge in [0, 0.05) is 37.6 Å². The molecule has 0 spiro atoms. The zero-order chi connectivity index (χ0) is 15.4.